The maximum absolute atomic E-state index is 13.5. The van der Waals surface area contributed by atoms with E-state index in [1.807, 2.05) is 43.3 Å². The molecular formula is C31H29BrN4O3. The molecule has 0 saturated carbocycles. The summed E-state index contributed by atoms with van der Waals surface area (Å²) in [6.45, 7) is 8.17. The van der Waals surface area contributed by atoms with Gasteiger partial charge in [0, 0.05) is 21.5 Å². The number of aromatic nitrogens is 2. The largest absolute Gasteiger partial charge is 0.493 e. The lowest BCUT2D eigenvalue weighted by Gasteiger charge is -2.16. The molecule has 0 spiro atoms. The summed E-state index contributed by atoms with van der Waals surface area (Å²) < 4.78 is 14.0. The molecule has 0 radical (unpaired) electrons. The lowest BCUT2D eigenvalue weighted by atomic mass is 10.1. The number of hydrogen-bond acceptors (Lipinski definition) is 6. The zero-order valence-corrected chi connectivity index (χ0v) is 23.7. The Labute approximate surface area is 236 Å². The molecule has 0 bridgehead atoms. The van der Waals surface area contributed by atoms with Crippen molar-refractivity contribution in [2.24, 2.45) is 5.10 Å². The molecule has 0 aliphatic carbocycles. The number of nitrogens with zero attached hydrogens (tertiary/aromatic N) is 4. The molecule has 4 aromatic rings. The number of halogens is 1. The molecule has 0 saturated heterocycles. The Kier molecular flexibility index (Phi) is 8.95. The minimum atomic E-state index is -0.234. The van der Waals surface area contributed by atoms with Crippen molar-refractivity contribution in [3.63, 3.8) is 0 Å². The van der Waals surface area contributed by atoms with E-state index in [4.69, 9.17) is 14.5 Å². The number of methoxy groups -OCH3 is 1. The lowest BCUT2D eigenvalue weighted by molar-refractivity contribution is 0.281. The number of fused-ring (bicyclic) bond motifs is 1. The van der Waals surface area contributed by atoms with Crippen molar-refractivity contribution in [2.45, 2.75) is 39.2 Å². The number of allylic oxidation sites excluding steroid dienone is 1. The Balaban J connectivity index is 1.76. The first kappa shape index (κ1) is 27.8. The summed E-state index contributed by atoms with van der Waals surface area (Å²) in [4.78, 5) is 18.2. The highest BCUT2D eigenvalue weighted by atomic mass is 79.9. The average Bonchev–Trinajstić information content (AvgIpc) is 2.95. The molecule has 0 aliphatic heterocycles. The van der Waals surface area contributed by atoms with E-state index in [1.54, 1.807) is 37.6 Å². The molecule has 3 aromatic carbocycles. The maximum atomic E-state index is 13.5. The predicted molar refractivity (Wildman–Crippen MR) is 158 cm³/mol. The fourth-order valence-corrected chi connectivity index (χ4v) is 4.55. The smallest absolute Gasteiger partial charge is 0.282 e. The number of nitriles is 1. The summed E-state index contributed by atoms with van der Waals surface area (Å²) in [5, 5.41) is 14.5. The molecule has 198 valence electrons. The predicted octanol–water partition coefficient (Wildman–Crippen LogP) is 6.74. The SMILES string of the molecule is C=CCc1cc(C=Nn2c([C@@H](C)CC)nc3ccc(Br)cc3c2=O)cc(OC)c1OCc1ccccc1C#N. The van der Waals surface area contributed by atoms with Crippen LogP contribution in [-0.2, 0) is 13.0 Å². The van der Waals surface area contributed by atoms with Crippen LogP contribution >= 0.6 is 15.9 Å². The van der Waals surface area contributed by atoms with Gasteiger partial charge in [-0.05, 0) is 54.8 Å². The lowest BCUT2D eigenvalue weighted by Crippen LogP contribution is -2.23. The van der Waals surface area contributed by atoms with Crippen LogP contribution in [0.1, 0.15) is 54.3 Å². The van der Waals surface area contributed by atoms with Crippen molar-refractivity contribution in [1.82, 2.24) is 9.66 Å². The van der Waals surface area contributed by atoms with Crippen molar-refractivity contribution in [3.8, 4) is 17.6 Å². The normalized spacial score (nSPS) is 11.9. The van der Waals surface area contributed by atoms with Gasteiger partial charge in [0.05, 0.1) is 35.9 Å². The first-order valence-electron chi connectivity index (χ1n) is 12.6. The van der Waals surface area contributed by atoms with E-state index in [2.05, 4.69) is 40.6 Å². The van der Waals surface area contributed by atoms with Crippen LogP contribution in [0.5, 0.6) is 11.5 Å². The fourth-order valence-electron chi connectivity index (χ4n) is 4.19. The van der Waals surface area contributed by atoms with Crippen LogP contribution in [0.15, 0.2) is 81.6 Å². The fraction of sp³-hybridized carbons (Fsp3) is 0.226. The zero-order chi connectivity index (χ0) is 27.9. The standard InChI is InChI=1S/C31H29BrN4O3/c1-5-9-22-14-21(15-28(38-4)29(22)39-19-24-11-8-7-10-23(24)17-33)18-34-36-30(20(3)6-2)35-27-13-12-25(32)16-26(27)31(36)37/h5,7-8,10-16,18,20H,1,6,9,19H2,2-4H3/t20-/m0/s1. The third-order valence-electron chi connectivity index (χ3n) is 6.46. The highest BCUT2D eigenvalue weighted by molar-refractivity contribution is 9.10. The average molecular weight is 586 g/mol. The second-order valence-electron chi connectivity index (χ2n) is 9.06. The first-order valence-corrected chi connectivity index (χ1v) is 13.4. The molecule has 1 atom stereocenters. The summed E-state index contributed by atoms with van der Waals surface area (Å²) in [5.41, 5.74) is 3.32. The summed E-state index contributed by atoms with van der Waals surface area (Å²) in [5.74, 6) is 1.71. The zero-order valence-electron chi connectivity index (χ0n) is 22.1. The highest BCUT2D eigenvalue weighted by Gasteiger charge is 2.17. The molecule has 0 unspecified atom stereocenters. The topological polar surface area (TPSA) is 89.5 Å². The number of benzene rings is 3. The van der Waals surface area contributed by atoms with E-state index in [-0.39, 0.29) is 18.1 Å². The van der Waals surface area contributed by atoms with Gasteiger partial charge in [-0.1, -0.05) is 54.1 Å². The molecule has 1 heterocycles. The van der Waals surface area contributed by atoms with Crippen LogP contribution in [0.2, 0.25) is 0 Å². The van der Waals surface area contributed by atoms with E-state index in [0.717, 1.165) is 27.6 Å². The van der Waals surface area contributed by atoms with Crippen LogP contribution in [-0.4, -0.2) is 23.0 Å². The maximum Gasteiger partial charge on any atom is 0.282 e. The molecule has 8 heteroatoms. The van der Waals surface area contributed by atoms with E-state index in [0.29, 0.717) is 40.2 Å². The quantitative estimate of drug-likeness (QED) is 0.152. The molecular weight excluding hydrogens is 556 g/mol. The van der Waals surface area contributed by atoms with E-state index in [9.17, 15) is 10.1 Å². The monoisotopic (exact) mass is 584 g/mol. The van der Waals surface area contributed by atoms with Crippen LogP contribution in [0.4, 0.5) is 0 Å². The minimum absolute atomic E-state index is 0.0285. The highest BCUT2D eigenvalue weighted by Crippen LogP contribution is 2.34. The molecule has 7 nitrogen and oxygen atoms in total. The van der Waals surface area contributed by atoms with Gasteiger partial charge in [0.15, 0.2) is 11.5 Å². The van der Waals surface area contributed by atoms with Gasteiger partial charge in [0.2, 0.25) is 0 Å². The number of hydrogen-bond donors (Lipinski definition) is 0. The first-order chi connectivity index (χ1) is 18.9. The number of ether oxygens (including phenoxy) is 2. The minimum Gasteiger partial charge on any atom is -0.493 e. The Morgan fingerprint density at radius 2 is 2.00 bits per heavy atom. The van der Waals surface area contributed by atoms with Crippen molar-refractivity contribution in [3.05, 3.63) is 110 Å². The van der Waals surface area contributed by atoms with E-state index >= 15 is 0 Å². The third-order valence-corrected chi connectivity index (χ3v) is 6.95. The van der Waals surface area contributed by atoms with Crippen LogP contribution in [0.25, 0.3) is 10.9 Å². The van der Waals surface area contributed by atoms with Crippen LogP contribution in [0, 0.1) is 11.3 Å². The Hall–Kier alpha value is -4.22. The molecule has 0 amide bonds. The van der Waals surface area contributed by atoms with Gasteiger partial charge in [0.1, 0.15) is 12.4 Å². The van der Waals surface area contributed by atoms with Gasteiger partial charge in [0.25, 0.3) is 5.56 Å². The van der Waals surface area contributed by atoms with Crippen molar-refractivity contribution in [2.75, 3.05) is 7.11 Å². The van der Waals surface area contributed by atoms with Gasteiger partial charge in [-0.3, -0.25) is 4.79 Å². The van der Waals surface area contributed by atoms with Gasteiger partial charge in [-0.2, -0.15) is 15.0 Å². The van der Waals surface area contributed by atoms with Crippen molar-refractivity contribution < 1.29 is 9.47 Å². The molecule has 4 rings (SSSR count). The summed E-state index contributed by atoms with van der Waals surface area (Å²) >= 11 is 3.44. The molecule has 1 aromatic heterocycles. The van der Waals surface area contributed by atoms with Crippen LogP contribution < -0.4 is 15.0 Å². The molecule has 0 aliphatic rings. The summed E-state index contributed by atoms with van der Waals surface area (Å²) in [7, 11) is 1.57. The number of rotatable bonds is 10. The van der Waals surface area contributed by atoms with Gasteiger partial charge < -0.3 is 9.47 Å². The molecule has 0 fully saturated rings. The Morgan fingerprint density at radius 1 is 1.21 bits per heavy atom. The van der Waals surface area contributed by atoms with Crippen molar-refractivity contribution >= 4 is 33.0 Å². The van der Waals surface area contributed by atoms with Gasteiger partial charge in [-0.15, -0.1) is 6.58 Å². The molecule has 0 N–H and O–H groups in total. The van der Waals surface area contributed by atoms with Gasteiger partial charge >= 0.3 is 0 Å². The second-order valence-corrected chi connectivity index (χ2v) is 9.98. The summed E-state index contributed by atoms with van der Waals surface area (Å²) in [6.07, 6.45) is 4.74. The Morgan fingerprint density at radius 3 is 2.72 bits per heavy atom. The van der Waals surface area contributed by atoms with E-state index < -0.39 is 0 Å². The molecule has 39 heavy (non-hydrogen) atoms. The van der Waals surface area contributed by atoms with Crippen LogP contribution in [0.3, 0.4) is 0 Å². The summed E-state index contributed by atoms with van der Waals surface area (Å²) in [6, 6.07) is 18.7. The second kappa shape index (κ2) is 12.5. The van der Waals surface area contributed by atoms with Crippen molar-refractivity contribution in [1.29, 1.82) is 5.26 Å². The Bertz CT molecular complexity index is 1650. The van der Waals surface area contributed by atoms with E-state index in [1.165, 1.54) is 4.68 Å². The third kappa shape index (κ3) is 6.10. The van der Waals surface area contributed by atoms with Gasteiger partial charge in [-0.25, -0.2) is 4.98 Å².